The first-order chi connectivity index (χ1) is 2.80. The maximum absolute atomic E-state index is 8.59. The molecule has 1 aliphatic rings. The van der Waals surface area contributed by atoms with Crippen molar-refractivity contribution in [3.05, 3.63) is 0 Å². The molecule has 0 aromatic rings. The number of nitrogens with two attached hydrogens (primary N) is 1. The fourth-order valence-electron chi connectivity index (χ4n) is 0.508. The van der Waals surface area contributed by atoms with Gasteiger partial charge in [-0.3, -0.25) is 0 Å². The average Bonchev–Trinajstić information content (AvgIpc) is 1.61. The van der Waals surface area contributed by atoms with Crippen LogP contribution in [0.1, 0.15) is 12.8 Å². The number of hydrogen-bond acceptors (Lipinski definition) is 2. The molecule has 0 spiro atoms. The molecule has 0 aromatic heterocycles. The van der Waals surface area contributed by atoms with Gasteiger partial charge in [-0.1, -0.05) is 0 Å². The number of rotatable bonds is 0. The largest absolute Gasteiger partial charge is 0.392 e. The van der Waals surface area contributed by atoms with Crippen LogP contribution in [-0.2, 0) is 0 Å². The normalized spacial score (nSPS) is 45.0. The molecule has 0 amide bonds. The van der Waals surface area contributed by atoms with E-state index in [0.29, 0.717) is 0 Å². The molecule has 1 fully saturated rings. The third-order valence-corrected chi connectivity index (χ3v) is 1.29. The molecule has 1 saturated carbocycles. The Balaban J connectivity index is 2.20. The Bertz CT molecular complexity index is 47.5. The van der Waals surface area contributed by atoms with Crippen molar-refractivity contribution in [3.8, 4) is 0 Å². The summed E-state index contributed by atoms with van der Waals surface area (Å²) < 4.78 is 0. The molecule has 1 rings (SSSR count). The molecule has 0 bridgehead atoms. The Morgan fingerprint density at radius 3 is 2.00 bits per heavy atom. The van der Waals surface area contributed by atoms with Crippen molar-refractivity contribution in [1.29, 1.82) is 0 Å². The topological polar surface area (TPSA) is 46.2 Å². The summed E-state index contributed by atoms with van der Waals surface area (Å²) in [5.41, 5.74) is 5.27. The van der Waals surface area contributed by atoms with Crippen molar-refractivity contribution < 1.29 is 5.11 Å². The molecule has 36 valence electrons. The Kier molecular flexibility index (Phi) is 0.821. The van der Waals surface area contributed by atoms with Gasteiger partial charge in [-0.25, -0.2) is 0 Å². The van der Waals surface area contributed by atoms with Crippen LogP contribution in [0.25, 0.3) is 0 Å². The molecule has 2 nitrogen and oxygen atoms in total. The lowest BCUT2D eigenvalue weighted by Gasteiger charge is -2.27. The van der Waals surface area contributed by atoms with Gasteiger partial charge in [0, 0.05) is 6.04 Å². The first-order valence-corrected chi connectivity index (χ1v) is 2.24. The molecule has 1 unspecified atom stereocenters. The van der Waals surface area contributed by atoms with Gasteiger partial charge in [-0.2, -0.15) is 0 Å². The van der Waals surface area contributed by atoms with Gasteiger partial charge in [-0.15, -0.1) is 0 Å². The fourth-order valence-corrected chi connectivity index (χ4v) is 0.508. The van der Waals surface area contributed by atoms with Gasteiger partial charge in [-0.05, 0) is 12.8 Å². The first kappa shape index (κ1) is 4.09. The third-order valence-electron chi connectivity index (χ3n) is 1.29. The number of hydrogen-bond donors (Lipinski definition) is 2. The molecule has 0 saturated heterocycles. The summed E-state index contributed by atoms with van der Waals surface area (Å²) in [7, 11) is 0. The fraction of sp³-hybridized carbons (Fsp3) is 1.00. The molecule has 3 N–H and O–H groups in total. The second-order valence-electron chi connectivity index (χ2n) is 1.81. The Morgan fingerprint density at radius 2 is 2.00 bits per heavy atom. The quantitative estimate of drug-likeness (QED) is 0.417. The van der Waals surface area contributed by atoms with Gasteiger partial charge in [0.15, 0.2) is 0 Å². The van der Waals surface area contributed by atoms with Crippen LogP contribution in [0.3, 0.4) is 0 Å². The van der Waals surface area contributed by atoms with E-state index in [0.717, 1.165) is 12.8 Å². The summed E-state index contributed by atoms with van der Waals surface area (Å²) in [4.78, 5) is 0. The summed E-state index contributed by atoms with van der Waals surface area (Å²) in [5, 5.41) is 8.59. The molecule has 2 heteroatoms. The van der Waals surface area contributed by atoms with Crippen molar-refractivity contribution in [1.82, 2.24) is 0 Å². The van der Waals surface area contributed by atoms with Gasteiger partial charge in [0.1, 0.15) is 0 Å². The second-order valence-corrected chi connectivity index (χ2v) is 1.81. The van der Waals surface area contributed by atoms with Gasteiger partial charge in [0.2, 0.25) is 0 Å². The molecule has 0 aromatic carbocycles. The van der Waals surface area contributed by atoms with Gasteiger partial charge < -0.3 is 10.8 Å². The van der Waals surface area contributed by atoms with Crippen LogP contribution >= 0.6 is 0 Å². The maximum atomic E-state index is 8.59. The van der Waals surface area contributed by atoms with E-state index < -0.39 is 0 Å². The number of aliphatic hydroxyl groups is 1. The zero-order chi connectivity index (χ0) is 4.57. The lowest BCUT2D eigenvalue weighted by atomic mass is 9.90. The molecular weight excluding hydrogens is 78.0 g/mol. The Hall–Kier alpha value is -0.0800. The molecule has 0 heterocycles. The third kappa shape index (κ3) is 0.420. The summed E-state index contributed by atoms with van der Waals surface area (Å²) in [6.45, 7) is 0. The highest BCUT2D eigenvalue weighted by Gasteiger charge is 2.23. The second kappa shape index (κ2) is 1.21. The van der Waals surface area contributed by atoms with Crippen LogP contribution in [0.4, 0.5) is 0 Å². The van der Waals surface area contributed by atoms with E-state index >= 15 is 0 Å². The minimum Gasteiger partial charge on any atom is -0.392 e. The maximum Gasteiger partial charge on any atom is 0.0691 e. The van der Waals surface area contributed by atoms with Crippen LogP contribution in [0.15, 0.2) is 0 Å². The van der Waals surface area contributed by atoms with E-state index in [1.165, 1.54) is 0 Å². The molecule has 2 atom stereocenters. The monoisotopic (exact) mass is 87.1 g/mol. The van der Waals surface area contributed by atoms with E-state index in [1.54, 1.807) is 0 Å². The van der Waals surface area contributed by atoms with Crippen LogP contribution in [0, 0.1) is 0 Å². The average molecular weight is 87.1 g/mol. The predicted octanol–water partition coefficient (Wildman–Crippen LogP) is -0.532. The Labute approximate surface area is 37.0 Å². The lowest BCUT2D eigenvalue weighted by Crippen LogP contribution is -2.43. The minimum absolute atomic E-state index is 0.0880. The lowest BCUT2D eigenvalue weighted by molar-refractivity contribution is 0.0693. The van der Waals surface area contributed by atoms with E-state index in [1.807, 2.05) is 0 Å². The summed E-state index contributed by atoms with van der Waals surface area (Å²) in [6, 6.07) is 0.0880. The van der Waals surface area contributed by atoms with E-state index in [2.05, 4.69) is 0 Å². The van der Waals surface area contributed by atoms with Crippen molar-refractivity contribution in [2.75, 3.05) is 0 Å². The zero-order valence-electron chi connectivity index (χ0n) is 3.59. The van der Waals surface area contributed by atoms with Crippen LogP contribution in [-0.4, -0.2) is 17.3 Å². The zero-order valence-corrected chi connectivity index (χ0v) is 3.59. The standard InChI is InChI=1S/C4H9NO/c5-3-1-2-4(3)6/h3-4,6H,1-2,5H2/t3-,4?/m0/s1. The van der Waals surface area contributed by atoms with Gasteiger partial charge >= 0.3 is 0 Å². The van der Waals surface area contributed by atoms with Crippen molar-refractivity contribution in [2.45, 2.75) is 25.0 Å². The summed E-state index contributed by atoms with van der Waals surface area (Å²) in [5.74, 6) is 0. The first-order valence-electron chi connectivity index (χ1n) is 2.24. The minimum atomic E-state index is -0.190. The molecule has 0 radical (unpaired) electrons. The van der Waals surface area contributed by atoms with E-state index in [-0.39, 0.29) is 12.1 Å². The van der Waals surface area contributed by atoms with Gasteiger partial charge in [0.25, 0.3) is 0 Å². The smallest absolute Gasteiger partial charge is 0.0691 e. The van der Waals surface area contributed by atoms with Crippen molar-refractivity contribution in [3.63, 3.8) is 0 Å². The molecular formula is C4H9NO. The number of aliphatic hydroxyl groups excluding tert-OH is 1. The van der Waals surface area contributed by atoms with Crippen molar-refractivity contribution in [2.24, 2.45) is 5.73 Å². The van der Waals surface area contributed by atoms with Crippen LogP contribution < -0.4 is 5.73 Å². The highest BCUT2D eigenvalue weighted by molar-refractivity contribution is 4.82. The highest BCUT2D eigenvalue weighted by Crippen LogP contribution is 2.15. The summed E-state index contributed by atoms with van der Waals surface area (Å²) >= 11 is 0. The highest BCUT2D eigenvalue weighted by atomic mass is 16.3. The van der Waals surface area contributed by atoms with E-state index in [9.17, 15) is 0 Å². The van der Waals surface area contributed by atoms with Gasteiger partial charge in [0.05, 0.1) is 6.10 Å². The van der Waals surface area contributed by atoms with Crippen LogP contribution in [0.2, 0.25) is 0 Å². The molecule has 1 aliphatic carbocycles. The summed E-state index contributed by atoms with van der Waals surface area (Å²) in [6.07, 6.45) is 1.72. The van der Waals surface area contributed by atoms with Crippen molar-refractivity contribution >= 4 is 0 Å². The van der Waals surface area contributed by atoms with Crippen LogP contribution in [0.5, 0.6) is 0 Å². The molecule has 6 heavy (non-hydrogen) atoms. The SMILES string of the molecule is N[C@H]1CCC1O. The molecule has 0 aliphatic heterocycles. The Morgan fingerprint density at radius 1 is 1.50 bits per heavy atom. The van der Waals surface area contributed by atoms with E-state index in [4.69, 9.17) is 10.8 Å². The predicted molar refractivity (Wildman–Crippen MR) is 23.2 cm³/mol.